The molecular formula is C11H13FN2O2S. The van der Waals surface area contributed by atoms with Crippen molar-refractivity contribution in [2.24, 2.45) is 5.73 Å². The van der Waals surface area contributed by atoms with Gasteiger partial charge in [-0.25, -0.2) is 12.8 Å². The first-order chi connectivity index (χ1) is 7.92. The summed E-state index contributed by atoms with van der Waals surface area (Å²) >= 11 is 0. The van der Waals surface area contributed by atoms with Crippen LogP contribution in [0.5, 0.6) is 0 Å². The Labute approximate surface area is 99.8 Å². The van der Waals surface area contributed by atoms with Gasteiger partial charge in [-0.15, -0.1) is 0 Å². The van der Waals surface area contributed by atoms with Crippen LogP contribution in [0.2, 0.25) is 0 Å². The first-order valence-electron chi connectivity index (χ1n) is 5.01. The lowest BCUT2D eigenvalue weighted by Gasteiger charge is -2.11. The van der Waals surface area contributed by atoms with Crippen molar-refractivity contribution in [3.63, 3.8) is 0 Å². The molecule has 0 bridgehead atoms. The molecule has 4 nitrogen and oxygen atoms in total. The zero-order valence-electron chi connectivity index (χ0n) is 9.35. The van der Waals surface area contributed by atoms with Crippen LogP contribution >= 0.6 is 0 Å². The van der Waals surface area contributed by atoms with Gasteiger partial charge in [-0.2, -0.15) is 5.26 Å². The topological polar surface area (TPSA) is 84.0 Å². The molecule has 17 heavy (non-hydrogen) atoms. The Balaban J connectivity index is 3.10. The Morgan fingerprint density at radius 2 is 2.18 bits per heavy atom. The van der Waals surface area contributed by atoms with Crippen LogP contribution in [0, 0.1) is 17.1 Å². The highest BCUT2D eigenvalue weighted by molar-refractivity contribution is 7.91. The van der Waals surface area contributed by atoms with Gasteiger partial charge in [-0.3, -0.25) is 0 Å². The molecular weight excluding hydrogens is 243 g/mol. The minimum absolute atomic E-state index is 0.00403. The molecule has 1 aromatic rings. The number of nitrogens with two attached hydrogens (primary N) is 1. The third kappa shape index (κ3) is 3.02. The molecule has 0 saturated carbocycles. The summed E-state index contributed by atoms with van der Waals surface area (Å²) in [5.74, 6) is -1.21. The largest absolute Gasteiger partial charge is 0.329 e. The third-order valence-corrected chi connectivity index (χ3v) is 4.63. The van der Waals surface area contributed by atoms with E-state index < -0.39 is 26.7 Å². The summed E-state index contributed by atoms with van der Waals surface area (Å²) in [7, 11) is -3.49. The summed E-state index contributed by atoms with van der Waals surface area (Å²) in [5, 5.41) is 7.91. The van der Waals surface area contributed by atoms with Crippen LogP contribution in [0.3, 0.4) is 0 Å². The molecule has 0 aliphatic carbocycles. The smallest absolute Gasteiger partial charge is 0.158 e. The van der Waals surface area contributed by atoms with Crippen molar-refractivity contribution >= 4 is 9.84 Å². The lowest BCUT2D eigenvalue weighted by atomic mass is 10.1. The fourth-order valence-corrected chi connectivity index (χ4v) is 2.52. The Bertz CT molecular complexity index is 549. The van der Waals surface area contributed by atoms with E-state index in [1.807, 2.05) is 0 Å². The maximum absolute atomic E-state index is 13.7. The van der Waals surface area contributed by atoms with Crippen LogP contribution < -0.4 is 5.73 Å². The molecule has 0 aliphatic rings. The average molecular weight is 256 g/mol. The Hall–Kier alpha value is -1.45. The quantitative estimate of drug-likeness (QED) is 0.869. The molecule has 0 amide bonds. The zero-order chi connectivity index (χ0) is 13.1. The predicted molar refractivity (Wildman–Crippen MR) is 62.3 cm³/mol. The van der Waals surface area contributed by atoms with Crippen LogP contribution in [0.4, 0.5) is 4.39 Å². The monoisotopic (exact) mass is 256 g/mol. The fourth-order valence-electron chi connectivity index (χ4n) is 1.28. The van der Waals surface area contributed by atoms with Gasteiger partial charge in [0.2, 0.25) is 0 Å². The second-order valence-electron chi connectivity index (χ2n) is 3.74. The molecule has 2 N–H and O–H groups in total. The molecule has 92 valence electrons. The van der Waals surface area contributed by atoms with Gasteiger partial charge < -0.3 is 5.73 Å². The van der Waals surface area contributed by atoms with E-state index in [1.54, 1.807) is 6.07 Å². The van der Waals surface area contributed by atoms with Crippen molar-refractivity contribution in [3.8, 4) is 6.07 Å². The second-order valence-corrected chi connectivity index (χ2v) is 6.16. The summed E-state index contributed by atoms with van der Waals surface area (Å²) in [6.45, 7) is 1.46. The number of sulfone groups is 1. The lowest BCUT2D eigenvalue weighted by Crippen LogP contribution is -2.28. The molecule has 6 heteroatoms. The van der Waals surface area contributed by atoms with Gasteiger partial charge in [0.05, 0.1) is 16.6 Å². The highest BCUT2D eigenvalue weighted by Gasteiger charge is 2.22. The first-order valence-corrected chi connectivity index (χ1v) is 6.73. The Morgan fingerprint density at radius 3 is 2.71 bits per heavy atom. The van der Waals surface area contributed by atoms with Gasteiger partial charge in [0.1, 0.15) is 11.9 Å². The van der Waals surface area contributed by atoms with Crippen LogP contribution in [0.15, 0.2) is 18.2 Å². The molecule has 0 spiro atoms. The van der Waals surface area contributed by atoms with E-state index in [0.717, 1.165) is 0 Å². The number of rotatable bonds is 4. The summed E-state index contributed by atoms with van der Waals surface area (Å²) in [6.07, 6.45) is 0. The average Bonchev–Trinajstić information content (AvgIpc) is 2.30. The van der Waals surface area contributed by atoms with Crippen LogP contribution in [0.25, 0.3) is 0 Å². The van der Waals surface area contributed by atoms with E-state index in [9.17, 15) is 12.8 Å². The van der Waals surface area contributed by atoms with Crippen molar-refractivity contribution in [3.05, 3.63) is 35.1 Å². The highest BCUT2D eigenvalue weighted by Crippen LogP contribution is 2.17. The highest BCUT2D eigenvalue weighted by atomic mass is 32.2. The minimum Gasteiger partial charge on any atom is -0.329 e. The second kappa shape index (κ2) is 5.25. The summed E-state index contributed by atoms with van der Waals surface area (Å²) in [6, 6.07) is 5.79. The molecule has 1 atom stereocenters. The molecule has 0 saturated heterocycles. The normalized spacial score (nSPS) is 13.1. The maximum Gasteiger partial charge on any atom is 0.158 e. The van der Waals surface area contributed by atoms with Crippen molar-refractivity contribution in [1.29, 1.82) is 5.26 Å². The summed E-state index contributed by atoms with van der Waals surface area (Å²) < 4.78 is 37.2. The number of hydrogen-bond acceptors (Lipinski definition) is 4. The van der Waals surface area contributed by atoms with Gasteiger partial charge in [-0.05, 0) is 13.0 Å². The van der Waals surface area contributed by atoms with Crippen molar-refractivity contribution < 1.29 is 12.8 Å². The van der Waals surface area contributed by atoms with Crippen LogP contribution in [-0.2, 0) is 15.6 Å². The van der Waals surface area contributed by atoms with Gasteiger partial charge in [0, 0.05) is 12.1 Å². The van der Waals surface area contributed by atoms with Gasteiger partial charge in [-0.1, -0.05) is 12.1 Å². The lowest BCUT2D eigenvalue weighted by molar-refractivity contribution is 0.576. The van der Waals surface area contributed by atoms with E-state index in [0.29, 0.717) is 0 Å². The molecule has 0 heterocycles. The molecule has 1 unspecified atom stereocenters. The van der Waals surface area contributed by atoms with Crippen LogP contribution in [0.1, 0.15) is 18.1 Å². The van der Waals surface area contributed by atoms with Gasteiger partial charge >= 0.3 is 0 Å². The van der Waals surface area contributed by atoms with Crippen molar-refractivity contribution in [1.82, 2.24) is 0 Å². The van der Waals surface area contributed by atoms with Crippen LogP contribution in [-0.4, -0.2) is 20.2 Å². The number of hydrogen-bond donors (Lipinski definition) is 1. The maximum atomic E-state index is 13.7. The SMILES string of the molecule is CC(CN)S(=O)(=O)Cc1cccc(C#N)c1F. The summed E-state index contributed by atoms with van der Waals surface area (Å²) in [5.41, 5.74) is 5.13. The van der Waals surface area contributed by atoms with E-state index in [4.69, 9.17) is 11.0 Å². The first kappa shape index (κ1) is 13.6. The molecule has 1 aromatic carbocycles. The number of halogens is 1. The standard InChI is InChI=1S/C11H13FN2O2S/c1-8(5-13)17(15,16)7-10-4-2-3-9(6-14)11(10)12/h2-4,8H,5,7,13H2,1H3. The van der Waals surface area contributed by atoms with E-state index >= 15 is 0 Å². The molecule has 0 aromatic heterocycles. The Morgan fingerprint density at radius 1 is 1.53 bits per heavy atom. The molecule has 0 aliphatic heterocycles. The predicted octanol–water partition coefficient (Wildman–Crippen LogP) is 0.959. The molecule has 1 rings (SSSR count). The van der Waals surface area contributed by atoms with Gasteiger partial charge in [0.15, 0.2) is 9.84 Å². The molecule has 0 fully saturated rings. The number of benzene rings is 1. The van der Waals surface area contributed by atoms with Gasteiger partial charge in [0.25, 0.3) is 0 Å². The zero-order valence-corrected chi connectivity index (χ0v) is 10.2. The Kier molecular flexibility index (Phi) is 4.21. The molecule has 0 radical (unpaired) electrons. The minimum atomic E-state index is -3.49. The van der Waals surface area contributed by atoms with E-state index in [-0.39, 0.29) is 17.7 Å². The van der Waals surface area contributed by atoms with E-state index in [1.165, 1.54) is 25.1 Å². The van der Waals surface area contributed by atoms with Crippen molar-refractivity contribution in [2.75, 3.05) is 6.54 Å². The van der Waals surface area contributed by atoms with Crippen molar-refractivity contribution in [2.45, 2.75) is 17.9 Å². The number of nitrogens with zero attached hydrogens (tertiary/aromatic N) is 1. The summed E-state index contributed by atoms with van der Waals surface area (Å²) in [4.78, 5) is 0. The third-order valence-electron chi connectivity index (χ3n) is 2.50. The number of nitriles is 1. The fraction of sp³-hybridized carbons (Fsp3) is 0.364. The van der Waals surface area contributed by atoms with E-state index in [2.05, 4.69) is 0 Å².